The first-order valence-corrected chi connectivity index (χ1v) is 6.52. The normalized spacial score (nSPS) is 19.8. The van der Waals surface area contributed by atoms with Crippen LogP contribution in [0.3, 0.4) is 0 Å². The van der Waals surface area contributed by atoms with E-state index in [9.17, 15) is 9.59 Å². The quantitative estimate of drug-likeness (QED) is 0.789. The topological polar surface area (TPSA) is 67.2 Å². The molecule has 0 spiro atoms. The highest BCUT2D eigenvalue weighted by atomic mass is 16.2. The Bertz CT molecular complexity index is 481. The molecular formula is C13H20N4O2. The minimum atomic E-state index is -0.434. The van der Waals surface area contributed by atoms with Gasteiger partial charge in [-0.1, -0.05) is 13.8 Å². The Balaban J connectivity index is 2.07. The van der Waals surface area contributed by atoms with E-state index in [1.165, 1.54) is 11.9 Å². The zero-order valence-electron chi connectivity index (χ0n) is 11.6. The van der Waals surface area contributed by atoms with Gasteiger partial charge in [0.15, 0.2) is 0 Å². The van der Waals surface area contributed by atoms with E-state index >= 15 is 0 Å². The van der Waals surface area contributed by atoms with Crippen LogP contribution in [0.1, 0.15) is 32.0 Å². The van der Waals surface area contributed by atoms with Crippen molar-refractivity contribution in [3.8, 4) is 0 Å². The number of hydrogen-bond acceptors (Lipinski definition) is 4. The highest BCUT2D eigenvalue weighted by Gasteiger charge is 2.37. The standard InChI is InChI=1S/C13H20N4O2/c1-9(2)5-14-6-10-7-15-8-17(10)11-4-12(18)16(3)13(11)19/h7-9,11,14H,4-6H2,1-3H3. The van der Waals surface area contributed by atoms with Crippen molar-refractivity contribution in [2.45, 2.75) is 32.9 Å². The Labute approximate surface area is 112 Å². The summed E-state index contributed by atoms with van der Waals surface area (Å²) in [5, 5.41) is 3.32. The summed E-state index contributed by atoms with van der Waals surface area (Å²) in [5.41, 5.74) is 0.933. The zero-order valence-corrected chi connectivity index (χ0v) is 11.6. The summed E-state index contributed by atoms with van der Waals surface area (Å²) >= 11 is 0. The van der Waals surface area contributed by atoms with Gasteiger partial charge in [0.05, 0.1) is 18.4 Å². The van der Waals surface area contributed by atoms with Gasteiger partial charge in [-0.25, -0.2) is 4.98 Å². The van der Waals surface area contributed by atoms with Crippen LogP contribution in [0.2, 0.25) is 0 Å². The van der Waals surface area contributed by atoms with E-state index in [2.05, 4.69) is 24.1 Å². The van der Waals surface area contributed by atoms with Crippen LogP contribution in [0.15, 0.2) is 12.5 Å². The van der Waals surface area contributed by atoms with Crippen molar-refractivity contribution in [1.29, 1.82) is 0 Å². The molecule has 1 aromatic rings. The number of imide groups is 1. The van der Waals surface area contributed by atoms with E-state index in [1.807, 2.05) is 0 Å². The number of rotatable bonds is 5. The van der Waals surface area contributed by atoms with Crippen LogP contribution in [0.25, 0.3) is 0 Å². The maximum atomic E-state index is 12.0. The van der Waals surface area contributed by atoms with E-state index in [0.717, 1.165) is 12.2 Å². The molecule has 2 heterocycles. The number of nitrogens with zero attached hydrogens (tertiary/aromatic N) is 3. The number of aromatic nitrogens is 2. The molecule has 6 nitrogen and oxygen atoms in total. The van der Waals surface area contributed by atoms with Gasteiger partial charge in [-0.3, -0.25) is 14.5 Å². The number of amides is 2. The third-order valence-electron chi connectivity index (χ3n) is 3.30. The lowest BCUT2D eigenvalue weighted by molar-refractivity contribution is -0.137. The van der Waals surface area contributed by atoms with Crippen LogP contribution in [-0.2, 0) is 16.1 Å². The zero-order chi connectivity index (χ0) is 14.0. The van der Waals surface area contributed by atoms with E-state index in [0.29, 0.717) is 12.5 Å². The van der Waals surface area contributed by atoms with Gasteiger partial charge in [-0.15, -0.1) is 0 Å². The number of carbonyl (C=O) groups is 2. The highest BCUT2D eigenvalue weighted by molar-refractivity contribution is 6.04. The van der Waals surface area contributed by atoms with Gasteiger partial charge in [-0.2, -0.15) is 0 Å². The van der Waals surface area contributed by atoms with Crippen molar-refractivity contribution in [2.75, 3.05) is 13.6 Å². The van der Waals surface area contributed by atoms with Crippen molar-refractivity contribution in [3.05, 3.63) is 18.2 Å². The Morgan fingerprint density at radius 3 is 2.79 bits per heavy atom. The van der Waals surface area contributed by atoms with Crippen molar-refractivity contribution in [3.63, 3.8) is 0 Å². The maximum absolute atomic E-state index is 12.0. The Hall–Kier alpha value is -1.69. The first kappa shape index (κ1) is 13.7. The molecule has 1 aliphatic heterocycles. The van der Waals surface area contributed by atoms with Crippen molar-refractivity contribution < 1.29 is 9.59 Å². The van der Waals surface area contributed by atoms with Crippen LogP contribution in [0.5, 0.6) is 0 Å². The predicted octanol–water partition coefficient (Wildman–Crippen LogP) is 0.558. The molecule has 1 aromatic heterocycles. The van der Waals surface area contributed by atoms with Crippen LogP contribution in [0, 0.1) is 5.92 Å². The van der Waals surface area contributed by atoms with Gasteiger partial charge >= 0.3 is 0 Å². The van der Waals surface area contributed by atoms with Crippen LogP contribution in [0.4, 0.5) is 0 Å². The molecule has 1 unspecified atom stereocenters. The van der Waals surface area contributed by atoms with Gasteiger partial charge < -0.3 is 9.88 Å². The molecule has 1 saturated heterocycles. The maximum Gasteiger partial charge on any atom is 0.252 e. The lowest BCUT2D eigenvalue weighted by atomic mass is 10.2. The SMILES string of the molecule is CC(C)CNCc1cncn1C1CC(=O)N(C)C1=O. The summed E-state index contributed by atoms with van der Waals surface area (Å²) in [6, 6.07) is -0.434. The number of carbonyl (C=O) groups excluding carboxylic acids is 2. The Morgan fingerprint density at radius 1 is 1.47 bits per heavy atom. The first-order valence-electron chi connectivity index (χ1n) is 6.52. The van der Waals surface area contributed by atoms with Crippen molar-refractivity contribution >= 4 is 11.8 Å². The second kappa shape index (κ2) is 5.52. The molecule has 2 amide bonds. The third-order valence-corrected chi connectivity index (χ3v) is 3.30. The van der Waals surface area contributed by atoms with Gasteiger partial charge in [0.25, 0.3) is 5.91 Å². The predicted molar refractivity (Wildman–Crippen MR) is 70.2 cm³/mol. The summed E-state index contributed by atoms with van der Waals surface area (Å²) in [6.45, 7) is 5.83. The molecule has 19 heavy (non-hydrogen) atoms. The minimum absolute atomic E-state index is 0.134. The van der Waals surface area contributed by atoms with Crippen molar-refractivity contribution in [2.24, 2.45) is 5.92 Å². The lowest BCUT2D eigenvalue weighted by Gasteiger charge is -2.14. The summed E-state index contributed by atoms with van der Waals surface area (Å²) in [7, 11) is 1.53. The second-order valence-electron chi connectivity index (χ2n) is 5.33. The second-order valence-corrected chi connectivity index (χ2v) is 5.33. The fourth-order valence-electron chi connectivity index (χ4n) is 2.19. The summed E-state index contributed by atoms with van der Waals surface area (Å²) in [4.78, 5) is 28.8. The van der Waals surface area contributed by atoms with Gasteiger partial charge in [-0.05, 0) is 12.5 Å². The van der Waals surface area contributed by atoms with Crippen molar-refractivity contribution in [1.82, 2.24) is 19.8 Å². The molecule has 1 aliphatic rings. The average Bonchev–Trinajstić information content (AvgIpc) is 2.90. The number of likely N-dealkylation sites (tertiary alicyclic amines) is 1. The molecule has 0 saturated carbocycles. The number of nitrogens with one attached hydrogen (secondary N) is 1. The lowest BCUT2D eigenvalue weighted by Crippen LogP contribution is -2.28. The van der Waals surface area contributed by atoms with Crippen LogP contribution < -0.4 is 5.32 Å². The van der Waals surface area contributed by atoms with E-state index in [1.54, 1.807) is 17.1 Å². The Morgan fingerprint density at radius 2 is 2.21 bits per heavy atom. The number of imidazole rings is 1. The first-order chi connectivity index (χ1) is 9.00. The molecular weight excluding hydrogens is 244 g/mol. The average molecular weight is 264 g/mol. The molecule has 0 bridgehead atoms. The minimum Gasteiger partial charge on any atom is -0.320 e. The number of likely N-dealkylation sites (N-methyl/N-ethyl adjacent to an activating group) is 1. The summed E-state index contributed by atoms with van der Waals surface area (Å²) < 4.78 is 1.80. The molecule has 104 valence electrons. The molecule has 6 heteroatoms. The highest BCUT2D eigenvalue weighted by Crippen LogP contribution is 2.24. The molecule has 0 aliphatic carbocycles. The number of hydrogen-bond donors (Lipinski definition) is 1. The molecule has 0 radical (unpaired) electrons. The Kier molecular flexibility index (Phi) is 3.99. The van der Waals surface area contributed by atoms with E-state index in [-0.39, 0.29) is 18.2 Å². The molecule has 1 N–H and O–H groups in total. The molecule has 1 fully saturated rings. The van der Waals surface area contributed by atoms with Gasteiger partial charge in [0, 0.05) is 19.8 Å². The summed E-state index contributed by atoms with van der Waals surface area (Å²) in [5.74, 6) is 0.273. The van der Waals surface area contributed by atoms with E-state index in [4.69, 9.17) is 0 Å². The van der Waals surface area contributed by atoms with Gasteiger partial charge in [0.2, 0.25) is 5.91 Å². The third kappa shape index (κ3) is 2.84. The van der Waals surface area contributed by atoms with Crippen LogP contribution >= 0.6 is 0 Å². The smallest absolute Gasteiger partial charge is 0.252 e. The fraction of sp³-hybridized carbons (Fsp3) is 0.615. The van der Waals surface area contributed by atoms with E-state index < -0.39 is 6.04 Å². The largest absolute Gasteiger partial charge is 0.320 e. The monoisotopic (exact) mass is 264 g/mol. The fourth-order valence-corrected chi connectivity index (χ4v) is 2.19. The molecule has 2 rings (SSSR count). The van der Waals surface area contributed by atoms with Gasteiger partial charge in [0.1, 0.15) is 6.04 Å². The molecule has 1 atom stereocenters. The van der Waals surface area contributed by atoms with Crippen LogP contribution in [-0.4, -0.2) is 39.9 Å². The molecule has 0 aromatic carbocycles. The summed E-state index contributed by atoms with van der Waals surface area (Å²) in [6.07, 6.45) is 3.59.